The van der Waals surface area contributed by atoms with E-state index in [-0.39, 0.29) is 32.7 Å². The number of hydrogen-bond acceptors (Lipinski definition) is 2. The number of carbonyl (C=O) groups is 1. The molecule has 0 saturated carbocycles. The number of hydrogen-bond donors (Lipinski definition) is 3. The fourth-order valence-corrected chi connectivity index (χ4v) is 3.37. The van der Waals surface area contributed by atoms with Crippen LogP contribution in [0.3, 0.4) is 0 Å². The van der Waals surface area contributed by atoms with E-state index in [0.717, 1.165) is 47.2 Å². The van der Waals surface area contributed by atoms with Crippen molar-refractivity contribution in [3.63, 3.8) is 0 Å². The monoisotopic (exact) mass is 445 g/mol. The van der Waals surface area contributed by atoms with Gasteiger partial charge >= 0.3 is 5.97 Å². The molecule has 1 radical (unpaired) electrons. The molecule has 0 aliphatic heterocycles. The second-order valence-corrected chi connectivity index (χ2v) is 6.60. The first kappa shape index (κ1) is 21.1. The van der Waals surface area contributed by atoms with Gasteiger partial charge < -0.3 is 15.8 Å². The van der Waals surface area contributed by atoms with E-state index in [4.69, 9.17) is 22.4 Å². The number of aromatic nitrogens is 1. The molecule has 0 spiro atoms. The number of carboxylic acids is 1. The molecule has 0 aliphatic carbocycles. The average molecular weight is 446 g/mol. The summed E-state index contributed by atoms with van der Waals surface area (Å²) in [5.74, 6) is -0.895. The Hall–Kier alpha value is -1.20. The second kappa shape index (κ2) is 9.66. The van der Waals surface area contributed by atoms with Crippen molar-refractivity contribution in [1.29, 1.82) is 0 Å². The van der Waals surface area contributed by atoms with Crippen LogP contribution < -0.4 is 5.73 Å². The second-order valence-electron chi connectivity index (χ2n) is 6.17. The minimum absolute atomic E-state index is 0. The van der Waals surface area contributed by atoms with Gasteiger partial charge in [0.15, 0.2) is 0 Å². The van der Waals surface area contributed by atoms with E-state index in [9.17, 15) is 4.79 Å². The quantitative estimate of drug-likeness (QED) is 0.510. The van der Waals surface area contributed by atoms with Crippen LogP contribution >= 0.6 is 11.6 Å². The van der Waals surface area contributed by atoms with Gasteiger partial charge in [0, 0.05) is 60.7 Å². The first-order chi connectivity index (χ1) is 12.1. The van der Waals surface area contributed by atoms with E-state index >= 15 is 0 Å². The summed E-state index contributed by atoms with van der Waals surface area (Å²) < 4.78 is 0. The van der Waals surface area contributed by atoms with Crippen molar-refractivity contribution in [1.82, 2.24) is 4.98 Å². The number of nitrogens with one attached hydrogen (secondary N) is 1. The Morgan fingerprint density at radius 3 is 2.46 bits per heavy atom. The fourth-order valence-electron chi connectivity index (χ4n) is 3.20. The van der Waals surface area contributed by atoms with Gasteiger partial charge in [0.2, 0.25) is 0 Å². The van der Waals surface area contributed by atoms with Crippen molar-refractivity contribution in [2.75, 3.05) is 6.54 Å². The molecule has 0 atom stereocenters. The van der Waals surface area contributed by atoms with E-state index in [1.807, 2.05) is 30.3 Å². The first-order valence-electron chi connectivity index (χ1n) is 8.40. The van der Waals surface area contributed by atoms with Crippen molar-refractivity contribution in [3.8, 4) is 0 Å². The number of halogens is 1. The van der Waals surface area contributed by atoms with Gasteiger partial charge in [0.1, 0.15) is 0 Å². The number of aromatic amines is 1. The maximum absolute atomic E-state index is 10.9. The SMILES string of the molecule is NCCc1[nH]c2ccc(Cl)cc2c1CCCc1ccc(C(=O)O)cc1.[Y]. The molecule has 0 amide bonds. The summed E-state index contributed by atoms with van der Waals surface area (Å²) in [7, 11) is 0. The normalized spacial score (nSPS) is 10.7. The average Bonchev–Trinajstić information content (AvgIpc) is 2.93. The van der Waals surface area contributed by atoms with Crippen LogP contribution in [-0.2, 0) is 52.0 Å². The first-order valence-corrected chi connectivity index (χ1v) is 8.77. The van der Waals surface area contributed by atoms with E-state index < -0.39 is 5.97 Å². The molecule has 4 N–H and O–H groups in total. The zero-order chi connectivity index (χ0) is 17.8. The number of aryl methyl sites for hydroxylation is 2. The van der Waals surface area contributed by atoms with Gasteiger partial charge in [-0.2, -0.15) is 0 Å². The standard InChI is InChI=1S/C20H21ClN2O2.Y/c21-15-8-9-18-17(12-15)16(19(23-18)10-11-22)3-1-2-13-4-6-14(7-5-13)20(24)25;/h4-9,12,23H,1-3,10-11,22H2,(H,24,25);. The molecule has 1 aromatic heterocycles. The molecule has 0 saturated heterocycles. The van der Waals surface area contributed by atoms with Crippen LogP contribution in [0.1, 0.15) is 33.6 Å². The van der Waals surface area contributed by atoms with Crippen molar-refractivity contribution < 1.29 is 42.6 Å². The van der Waals surface area contributed by atoms with Crippen LogP contribution in [0.25, 0.3) is 10.9 Å². The van der Waals surface area contributed by atoms with E-state index in [0.29, 0.717) is 12.1 Å². The minimum atomic E-state index is -0.895. The largest absolute Gasteiger partial charge is 0.478 e. The van der Waals surface area contributed by atoms with Crippen molar-refractivity contribution >= 4 is 28.5 Å². The summed E-state index contributed by atoms with van der Waals surface area (Å²) in [6.07, 6.45) is 3.62. The molecular weight excluding hydrogens is 425 g/mol. The van der Waals surface area contributed by atoms with Crippen molar-refractivity contribution in [2.24, 2.45) is 5.73 Å². The van der Waals surface area contributed by atoms with Gasteiger partial charge in [-0.25, -0.2) is 4.79 Å². The molecule has 0 unspecified atom stereocenters. The van der Waals surface area contributed by atoms with Crippen molar-refractivity contribution in [3.05, 3.63) is 69.9 Å². The third-order valence-corrected chi connectivity index (χ3v) is 4.68. The zero-order valence-electron chi connectivity index (χ0n) is 14.5. The molecule has 2 aromatic carbocycles. The summed E-state index contributed by atoms with van der Waals surface area (Å²) >= 11 is 6.16. The zero-order valence-corrected chi connectivity index (χ0v) is 18.1. The van der Waals surface area contributed by atoms with Crippen LogP contribution in [0, 0.1) is 0 Å². The van der Waals surface area contributed by atoms with Gasteiger partial charge in [-0.15, -0.1) is 0 Å². The molecule has 26 heavy (non-hydrogen) atoms. The smallest absolute Gasteiger partial charge is 0.335 e. The maximum atomic E-state index is 10.9. The van der Waals surface area contributed by atoms with Gasteiger partial charge in [-0.1, -0.05) is 23.7 Å². The third kappa shape index (κ3) is 4.95. The number of aromatic carboxylic acids is 1. The Labute approximate surface area is 183 Å². The summed E-state index contributed by atoms with van der Waals surface area (Å²) in [5.41, 5.74) is 10.8. The molecule has 3 aromatic rings. The number of benzene rings is 2. The molecule has 0 fully saturated rings. The van der Waals surface area contributed by atoms with Gasteiger partial charge in [-0.05, 0) is 67.3 Å². The van der Waals surface area contributed by atoms with E-state index in [1.54, 1.807) is 12.1 Å². The van der Waals surface area contributed by atoms with E-state index in [2.05, 4.69) is 4.98 Å². The predicted molar refractivity (Wildman–Crippen MR) is 101 cm³/mol. The molecule has 1 heterocycles. The van der Waals surface area contributed by atoms with Gasteiger partial charge in [-0.3, -0.25) is 0 Å². The van der Waals surface area contributed by atoms with Gasteiger partial charge in [0.05, 0.1) is 5.56 Å². The summed E-state index contributed by atoms with van der Waals surface area (Å²) in [5, 5.41) is 10.9. The Bertz CT molecular complexity index is 891. The molecule has 0 aliphatic rings. The van der Waals surface area contributed by atoms with Crippen LogP contribution in [0.2, 0.25) is 5.02 Å². The number of rotatable bonds is 7. The predicted octanol–water partition coefficient (Wildman–Crippen LogP) is 4.19. The molecular formula is C20H21ClN2O2Y. The number of carboxylic acid groups (broad SMARTS) is 1. The number of nitrogens with two attached hydrogens (primary N) is 1. The minimum Gasteiger partial charge on any atom is -0.478 e. The Morgan fingerprint density at radius 2 is 1.81 bits per heavy atom. The third-order valence-electron chi connectivity index (χ3n) is 4.44. The Kier molecular flexibility index (Phi) is 7.84. The molecule has 133 valence electrons. The molecule has 0 bridgehead atoms. The number of H-pyrrole nitrogens is 1. The van der Waals surface area contributed by atoms with Crippen LogP contribution in [0.15, 0.2) is 42.5 Å². The summed E-state index contributed by atoms with van der Waals surface area (Å²) in [4.78, 5) is 14.4. The summed E-state index contributed by atoms with van der Waals surface area (Å²) in [6, 6.07) is 13.0. The van der Waals surface area contributed by atoms with Crippen LogP contribution in [0.4, 0.5) is 0 Å². The Balaban J connectivity index is 0.00000243. The molecule has 4 nitrogen and oxygen atoms in total. The number of fused-ring (bicyclic) bond motifs is 1. The maximum Gasteiger partial charge on any atom is 0.335 e. The van der Waals surface area contributed by atoms with Crippen LogP contribution in [-0.4, -0.2) is 22.6 Å². The topological polar surface area (TPSA) is 79.1 Å². The van der Waals surface area contributed by atoms with Crippen molar-refractivity contribution in [2.45, 2.75) is 25.7 Å². The molecule has 6 heteroatoms. The Morgan fingerprint density at radius 1 is 1.08 bits per heavy atom. The summed E-state index contributed by atoms with van der Waals surface area (Å²) in [6.45, 7) is 0.601. The van der Waals surface area contributed by atoms with Crippen LogP contribution in [0.5, 0.6) is 0 Å². The van der Waals surface area contributed by atoms with Gasteiger partial charge in [0.25, 0.3) is 0 Å². The van der Waals surface area contributed by atoms with E-state index in [1.165, 1.54) is 11.3 Å². The molecule has 3 rings (SSSR count). The fraction of sp³-hybridized carbons (Fsp3) is 0.250.